The molecule has 4 aromatic heterocycles. The summed E-state index contributed by atoms with van der Waals surface area (Å²) >= 11 is 1.34. The highest BCUT2D eigenvalue weighted by Crippen LogP contribution is 2.49. The Kier molecular flexibility index (Phi) is 6.78. The lowest BCUT2D eigenvalue weighted by molar-refractivity contribution is 0.0776. The van der Waals surface area contributed by atoms with Crippen LogP contribution in [0.3, 0.4) is 0 Å². The molecule has 6 heterocycles. The lowest BCUT2D eigenvalue weighted by Gasteiger charge is -2.16. The Morgan fingerprint density at radius 1 is 1.07 bits per heavy atom. The number of benzene rings is 1. The maximum atomic E-state index is 14.0. The van der Waals surface area contributed by atoms with Crippen molar-refractivity contribution in [2.45, 2.75) is 57.5 Å². The summed E-state index contributed by atoms with van der Waals surface area (Å²) in [6, 6.07) is 13.9. The van der Waals surface area contributed by atoms with E-state index in [1.54, 1.807) is 25.3 Å². The summed E-state index contributed by atoms with van der Waals surface area (Å²) in [7, 11) is 0. The molecular formula is C34H29FN6O3S. The molecule has 1 fully saturated rings. The van der Waals surface area contributed by atoms with Crippen LogP contribution >= 0.6 is 11.3 Å². The molecule has 0 radical (unpaired) electrons. The van der Waals surface area contributed by atoms with Crippen LogP contribution in [0.15, 0.2) is 59.1 Å². The zero-order valence-corrected chi connectivity index (χ0v) is 25.4. The number of nitrogens with zero attached hydrogens (tertiary/aromatic N) is 5. The topological polar surface area (TPSA) is 114 Å². The Hall–Kier alpha value is -4.77. The van der Waals surface area contributed by atoms with Crippen LogP contribution in [-0.4, -0.2) is 43.4 Å². The third-order valence-corrected chi connectivity index (χ3v) is 10.1. The molecule has 0 spiro atoms. The first-order valence-electron chi connectivity index (χ1n) is 15.2. The van der Waals surface area contributed by atoms with Crippen molar-refractivity contribution in [3.63, 3.8) is 0 Å². The van der Waals surface area contributed by atoms with E-state index in [4.69, 9.17) is 9.40 Å². The second-order valence-corrected chi connectivity index (χ2v) is 12.8. The quantitative estimate of drug-likeness (QED) is 0.231. The highest BCUT2D eigenvalue weighted by molar-refractivity contribution is 7.17. The molecule has 5 aromatic rings. The van der Waals surface area contributed by atoms with Crippen molar-refractivity contribution in [2.75, 3.05) is 6.54 Å². The average molecular weight is 621 g/mol. The van der Waals surface area contributed by atoms with Gasteiger partial charge in [-0.15, -0.1) is 21.5 Å². The van der Waals surface area contributed by atoms with Crippen LogP contribution < -0.4 is 5.32 Å². The molecule has 8 rings (SSSR count). The monoisotopic (exact) mass is 620 g/mol. The minimum atomic E-state index is -0.287. The van der Waals surface area contributed by atoms with Gasteiger partial charge in [0.2, 0.25) is 11.8 Å². The molecule has 1 aliphatic carbocycles. The Morgan fingerprint density at radius 2 is 1.93 bits per heavy atom. The molecule has 9 nitrogen and oxygen atoms in total. The highest BCUT2D eigenvalue weighted by Gasteiger charge is 2.45. The van der Waals surface area contributed by atoms with E-state index in [2.05, 4.69) is 20.5 Å². The number of amides is 2. The molecule has 226 valence electrons. The van der Waals surface area contributed by atoms with Crippen molar-refractivity contribution in [1.82, 2.24) is 30.4 Å². The number of hydrogen-bond donors (Lipinski definition) is 1. The zero-order chi connectivity index (χ0) is 30.7. The Labute approximate surface area is 262 Å². The number of aryl methyl sites for hydroxylation is 4. The molecule has 0 unspecified atom stereocenters. The van der Waals surface area contributed by atoms with E-state index in [1.165, 1.54) is 23.5 Å². The van der Waals surface area contributed by atoms with Crippen LogP contribution in [0.4, 0.5) is 4.39 Å². The molecule has 45 heavy (non-hydrogen) atoms. The van der Waals surface area contributed by atoms with E-state index < -0.39 is 0 Å². The number of fused-ring (bicyclic) bond motifs is 4. The first kappa shape index (κ1) is 27.8. The summed E-state index contributed by atoms with van der Waals surface area (Å²) in [5.41, 5.74) is 6.36. The van der Waals surface area contributed by atoms with Crippen LogP contribution in [0.2, 0.25) is 0 Å². The molecule has 2 aliphatic heterocycles. The molecule has 0 saturated carbocycles. The van der Waals surface area contributed by atoms with Crippen molar-refractivity contribution in [1.29, 1.82) is 0 Å². The Bertz CT molecular complexity index is 1970. The molecule has 0 bridgehead atoms. The third-order valence-electron chi connectivity index (χ3n) is 9.00. The van der Waals surface area contributed by atoms with Gasteiger partial charge in [0.25, 0.3) is 11.8 Å². The summed E-state index contributed by atoms with van der Waals surface area (Å²) in [6.45, 7) is 2.40. The van der Waals surface area contributed by atoms with E-state index in [-0.39, 0.29) is 35.6 Å². The number of halogens is 1. The van der Waals surface area contributed by atoms with Gasteiger partial charge in [-0.3, -0.25) is 19.6 Å². The standard InChI is InChI=1S/C34H29FN6O3S/c1-18-39-40-33(44-18)28-24(11-8-19-6-9-20(35)10-7-19)37-31-25-5-3-17-41(25)34(43)30(31)29(28)26-14-15-27(45-26)32(42)38-23-13-12-22-21(23)4-2-16-36-22/h2,4,6-7,9-10,14-16,23,25H,3,5,8,11-13,17H2,1H3,(H,38,42)/t23-,25+/m0/s1. The molecule has 1 saturated heterocycles. The molecule has 2 amide bonds. The van der Waals surface area contributed by atoms with E-state index in [1.807, 2.05) is 29.2 Å². The van der Waals surface area contributed by atoms with Crippen LogP contribution in [0.5, 0.6) is 0 Å². The number of carbonyl (C=O) groups excluding carboxylic acids is 2. The Morgan fingerprint density at radius 3 is 2.76 bits per heavy atom. The summed E-state index contributed by atoms with van der Waals surface area (Å²) < 4.78 is 19.6. The second kappa shape index (κ2) is 11.0. The van der Waals surface area contributed by atoms with Crippen molar-refractivity contribution in [2.24, 2.45) is 0 Å². The fourth-order valence-corrected chi connectivity index (χ4v) is 7.87. The van der Waals surface area contributed by atoms with Gasteiger partial charge in [0.05, 0.1) is 39.5 Å². The predicted molar refractivity (Wildman–Crippen MR) is 165 cm³/mol. The predicted octanol–water partition coefficient (Wildman–Crippen LogP) is 6.20. The van der Waals surface area contributed by atoms with Crippen molar-refractivity contribution < 1.29 is 18.4 Å². The van der Waals surface area contributed by atoms with Crippen LogP contribution in [-0.2, 0) is 19.3 Å². The van der Waals surface area contributed by atoms with Gasteiger partial charge in [0.15, 0.2) is 0 Å². The van der Waals surface area contributed by atoms with Gasteiger partial charge in [-0.1, -0.05) is 18.2 Å². The SMILES string of the molecule is Cc1nnc(-c2c(CCc3ccc(F)cc3)nc3c(c2-c2ccc(C(=O)N[C@H]4CCc5ncccc54)s2)C(=O)N2CCC[C@H]32)o1. The average Bonchev–Trinajstić information content (AvgIpc) is 3.88. The van der Waals surface area contributed by atoms with E-state index in [9.17, 15) is 14.0 Å². The summed E-state index contributed by atoms with van der Waals surface area (Å²) in [6.07, 6.45) is 6.29. The number of pyridine rings is 2. The largest absolute Gasteiger partial charge is 0.421 e. The van der Waals surface area contributed by atoms with Gasteiger partial charge >= 0.3 is 0 Å². The number of nitrogens with one attached hydrogen (secondary N) is 1. The summed E-state index contributed by atoms with van der Waals surface area (Å²) in [5.74, 6) is 0.154. The maximum absolute atomic E-state index is 14.0. The van der Waals surface area contributed by atoms with Crippen molar-refractivity contribution in [3.8, 4) is 21.9 Å². The minimum absolute atomic E-state index is 0.0629. The van der Waals surface area contributed by atoms with Gasteiger partial charge in [0.1, 0.15) is 5.82 Å². The number of rotatable bonds is 7. The molecule has 1 N–H and O–H groups in total. The molecule has 3 aliphatic rings. The minimum Gasteiger partial charge on any atom is -0.421 e. The second-order valence-electron chi connectivity index (χ2n) is 11.7. The summed E-state index contributed by atoms with van der Waals surface area (Å²) in [5, 5.41) is 11.7. The molecule has 11 heteroatoms. The smallest absolute Gasteiger partial charge is 0.261 e. The number of thiophene rings is 1. The van der Waals surface area contributed by atoms with Crippen molar-refractivity contribution in [3.05, 3.63) is 105 Å². The number of hydrogen-bond acceptors (Lipinski definition) is 8. The van der Waals surface area contributed by atoms with E-state index >= 15 is 0 Å². The fraction of sp³-hybridized carbons (Fsp3) is 0.294. The van der Waals surface area contributed by atoms with Crippen LogP contribution in [0.25, 0.3) is 21.9 Å². The number of aromatic nitrogens is 4. The fourth-order valence-electron chi connectivity index (χ4n) is 6.91. The normalized spacial score (nSPS) is 18.3. The molecular weight excluding hydrogens is 591 g/mol. The zero-order valence-electron chi connectivity index (χ0n) is 24.5. The van der Waals surface area contributed by atoms with Gasteiger partial charge in [-0.25, -0.2) is 4.39 Å². The third kappa shape index (κ3) is 4.82. The van der Waals surface area contributed by atoms with Gasteiger partial charge in [-0.05, 0) is 80.0 Å². The van der Waals surface area contributed by atoms with Crippen LogP contribution in [0.1, 0.15) is 85.5 Å². The first-order valence-corrected chi connectivity index (χ1v) is 16.0. The number of carbonyl (C=O) groups is 2. The van der Waals surface area contributed by atoms with Crippen molar-refractivity contribution >= 4 is 23.2 Å². The van der Waals surface area contributed by atoms with Gasteiger partial charge in [-0.2, -0.15) is 0 Å². The lowest BCUT2D eigenvalue weighted by Crippen LogP contribution is -2.26. The molecule has 2 atom stereocenters. The Balaban J connectivity index is 1.23. The van der Waals surface area contributed by atoms with Gasteiger partial charge < -0.3 is 14.6 Å². The molecule has 1 aromatic carbocycles. The van der Waals surface area contributed by atoms with Gasteiger partial charge in [0, 0.05) is 35.8 Å². The first-order chi connectivity index (χ1) is 21.9. The maximum Gasteiger partial charge on any atom is 0.261 e. The highest BCUT2D eigenvalue weighted by atomic mass is 32.1. The van der Waals surface area contributed by atoms with Crippen LogP contribution in [0, 0.1) is 12.7 Å². The lowest BCUT2D eigenvalue weighted by atomic mass is 9.93. The van der Waals surface area contributed by atoms with E-state index in [0.29, 0.717) is 46.8 Å². The van der Waals surface area contributed by atoms with E-state index in [0.717, 1.165) is 58.8 Å². The summed E-state index contributed by atoms with van der Waals surface area (Å²) in [4.78, 5) is 40.3.